The number of alkyl carbamates (subject to hydrolysis) is 1. The summed E-state index contributed by atoms with van der Waals surface area (Å²) in [6, 6.07) is 7.26. The Labute approximate surface area is 156 Å². The Morgan fingerprint density at radius 3 is 2.42 bits per heavy atom. The van der Waals surface area contributed by atoms with Crippen LogP contribution < -0.4 is 10.5 Å². The van der Waals surface area contributed by atoms with Gasteiger partial charge in [0.05, 0.1) is 0 Å². The first-order valence-corrected chi connectivity index (χ1v) is 12.0. The molecule has 1 aliphatic rings. The molecule has 1 atom stereocenters. The second-order valence-corrected chi connectivity index (χ2v) is 12.1. The van der Waals surface area contributed by atoms with E-state index < -0.39 is 20.0 Å². The molecule has 1 aromatic carbocycles. The molecule has 6 nitrogen and oxygen atoms in total. The quantitative estimate of drug-likeness (QED) is 0.786. The lowest BCUT2D eigenvalue weighted by Gasteiger charge is -2.21. The molecular weight excluding hydrogens is 348 g/mol. The summed E-state index contributed by atoms with van der Waals surface area (Å²) in [5.41, 5.74) is 0.118. The maximum Gasteiger partial charge on any atom is 0.407 e. The van der Waals surface area contributed by atoms with Crippen molar-refractivity contribution >= 4 is 25.5 Å². The van der Waals surface area contributed by atoms with Gasteiger partial charge in [-0.3, -0.25) is 4.79 Å². The minimum atomic E-state index is -2.35. The van der Waals surface area contributed by atoms with Gasteiger partial charge in [0, 0.05) is 25.2 Å². The van der Waals surface area contributed by atoms with Crippen LogP contribution in [0.25, 0.3) is 0 Å². The van der Waals surface area contributed by atoms with Crippen LogP contribution in [0.5, 0.6) is 0 Å². The number of carbonyl (C=O) groups is 2. The lowest BCUT2D eigenvalue weighted by atomic mass is 10.1. The topological polar surface area (TPSA) is 78.9 Å². The van der Waals surface area contributed by atoms with E-state index in [1.54, 1.807) is 12.1 Å². The summed E-state index contributed by atoms with van der Waals surface area (Å²) in [5, 5.41) is 3.69. The largest absolute Gasteiger partial charge is 0.444 e. The average Bonchev–Trinajstić information content (AvgIpc) is 2.99. The van der Waals surface area contributed by atoms with Crippen LogP contribution >= 0.6 is 0 Å². The van der Waals surface area contributed by atoms with Gasteiger partial charge in [-0.05, 0) is 63.5 Å². The molecule has 0 aromatic heterocycles. The van der Waals surface area contributed by atoms with Crippen LogP contribution in [-0.2, 0) is 4.74 Å². The minimum absolute atomic E-state index is 0.00580. The zero-order valence-corrected chi connectivity index (χ0v) is 17.3. The van der Waals surface area contributed by atoms with Crippen molar-refractivity contribution in [2.75, 3.05) is 19.6 Å². The maximum atomic E-state index is 12.6. The van der Waals surface area contributed by atoms with Crippen LogP contribution in [0.3, 0.4) is 0 Å². The van der Waals surface area contributed by atoms with E-state index in [2.05, 4.69) is 5.32 Å². The summed E-state index contributed by atoms with van der Waals surface area (Å²) < 4.78 is 5.23. The van der Waals surface area contributed by atoms with E-state index in [-0.39, 0.29) is 11.8 Å². The zero-order valence-electron chi connectivity index (χ0n) is 16.3. The first-order chi connectivity index (χ1) is 12.0. The van der Waals surface area contributed by atoms with Gasteiger partial charge in [0.15, 0.2) is 0 Å². The van der Waals surface area contributed by atoms with E-state index in [1.807, 2.05) is 50.9 Å². The summed E-state index contributed by atoms with van der Waals surface area (Å²) in [6.45, 7) is 11.0. The third-order valence-corrected chi connectivity index (χ3v) is 6.09. The van der Waals surface area contributed by atoms with Gasteiger partial charge >= 0.3 is 6.09 Å². The number of hydrogen-bond acceptors (Lipinski definition) is 4. The highest BCUT2D eigenvalue weighted by Gasteiger charge is 2.28. The normalized spacial score (nSPS) is 17.9. The van der Waals surface area contributed by atoms with E-state index in [1.165, 1.54) is 0 Å². The van der Waals surface area contributed by atoms with Gasteiger partial charge in [-0.25, -0.2) is 4.79 Å². The highest BCUT2D eigenvalue weighted by atomic mass is 28.4. The van der Waals surface area contributed by atoms with Gasteiger partial charge in [0.1, 0.15) is 5.60 Å². The molecule has 1 unspecified atom stereocenters. The van der Waals surface area contributed by atoms with Crippen molar-refractivity contribution in [2.24, 2.45) is 5.92 Å². The minimum Gasteiger partial charge on any atom is -0.444 e. The Hall–Kier alpha value is -1.86. The van der Waals surface area contributed by atoms with Crippen LogP contribution in [0.15, 0.2) is 24.3 Å². The number of carbonyl (C=O) groups excluding carboxylic acids is 2. The number of hydrogen-bond donors (Lipinski definition) is 2. The number of amides is 2. The Balaban J connectivity index is 1.86. The van der Waals surface area contributed by atoms with Crippen molar-refractivity contribution in [3.05, 3.63) is 29.8 Å². The van der Waals surface area contributed by atoms with Crippen molar-refractivity contribution < 1.29 is 19.1 Å². The summed E-state index contributed by atoms with van der Waals surface area (Å²) in [6.07, 6.45) is 0.435. The smallest absolute Gasteiger partial charge is 0.407 e. The van der Waals surface area contributed by atoms with Crippen molar-refractivity contribution in [2.45, 2.75) is 45.9 Å². The predicted octanol–water partition coefficient (Wildman–Crippen LogP) is 2.08. The van der Waals surface area contributed by atoms with Crippen LogP contribution in [-0.4, -0.2) is 55.2 Å². The number of ether oxygens (including phenoxy) is 1. The molecule has 1 fully saturated rings. The van der Waals surface area contributed by atoms with E-state index >= 15 is 0 Å². The fraction of sp³-hybridized carbons (Fsp3) is 0.579. The van der Waals surface area contributed by atoms with Gasteiger partial charge in [0.25, 0.3) is 5.91 Å². The SMILES string of the molecule is CC(C)(C)OC(=O)NCC1CCN(C(=O)c2ccc([Si](C)(C)O)cc2)C1. The Kier molecular flexibility index (Phi) is 6.13. The zero-order chi connectivity index (χ0) is 19.5. The number of benzene rings is 1. The van der Waals surface area contributed by atoms with Crippen molar-refractivity contribution in [1.29, 1.82) is 0 Å². The van der Waals surface area contributed by atoms with Gasteiger partial charge in [-0.2, -0.15) is 0 Å². The molecular formula is C19H30N2O4Si. The Morgan fingerprint density at radius 1 is 1.27 bits per heavy atom. The molecule has 1 aromatic rings. The van der Waals surface area contributed by atoms with Crippen molar-refractivity contribution in [3.8, 4) is 0 Å². The van der Waals surface area contributed by atoms with E-state index in [0.29, 0.717) is 25.2 Å². The van der Waals surface area contributed by atoms with Crippen molar-refractivity contribution in [1.82, 2.24) is 10.2 Å². The number of rotatable bonds is 4. The number of likely N-dealkylation sites (tertiary alicyclic amines) is 1. The van der Waals surface area contributed by atoms with Crippen LogP contribution in [0.1, 0.15) is 37.6 Å². The lowest BCUT2D eigenvalue weighted by Crippen LogP contribution is -2.41. The third-order valence-electron chi connectivity index (χ3n) is 4.35. The van der Waals surface area contributed by atoms with E-state index in [9.17, 15) is 14.4 Å². The molecule has 1 heterocycles. The molecule has 1 aliphatic heterocycles. The summed E-state index contributed by atoms with van der Waals surface area (Å²) in [5.74, 6) is 0.225. The highest BCUT2D eigenvalue weighted by Crippen LogP contribution is 2.18. The maximum absolute atomic E-state index is 12.6. The van der Waals surface area contributed by atoms with E-state index in [0.717, 1.165) is 11.6 Å². The standard InChI is InChI=1S/C19H30N2O4Si/c1-19(2,3)25-18(23)20-12-14-10-11-21(13-14)17(22)15-6-8-16(9-7-15)26(4,5)24/h6-9,14,24H,10-13H2,1-5H3,(H,20,23). The summed E-state index contributed by atoms with van der Waals surface area (Å²) in [7, 11) is -2.35. The second kappa shape index (κ2) is 7.80. The second-order valence-electron chi connectivity index (χ2n) is 8.43. The molecule has 2 N–H and O–H groups in total. The monoisotopic (exact) mass is 378 g/mol. The molecule has 2 amide bonds. The molecule has 2 rings (SSSR count). The fourth-order valence-corrected chi connectivity index (χ4v) is 3.91. The fourth-order valence-electron chi connectivity index (χ4n) is 2.93. The Bertz CT molecular complexity index is 647. The van der Waals surface area contributed by atoms with Crippen LogP contribution in [0.4, 0.5) is 4.79 Å². The first kappa shape index (κ1) is 20.4. The van der Waals surface area contributed by atoms with Gasteiger partial charge in [-0.15, -0.1) is 0 Å². The van der Waals surface area contributed by atoms with Gasteiger partial charge < -0.3 is 19.7 Å². The summed E-state index contributed by atoms with van der Waals surface area (Å²) >= 11 is 0. The lowest BCUT2D eigenvalue weighted by molar-refractivity contribution is 0.0520. The molecule has 26 heavy (non-hydrogen) atoms. The molecule has 0 saturated carbocycles. The first-order valence-electron chi connectivity index (χ1n) is 9.05. The molecule has 0 aliphatic carbocycles. The number of nitrogens with one attached hydrogen (secondary N) is 1. The molecule has 0 bridgehead atoms. The average molecular weight is 379 g/mol. The van der Waals surface area contributed by atoms with Crippen molar-refractivity contribution in [3.63, 3.8) is 0 Å². The summed E-state index contributed by atoms with van der Waals surface area (Å²) in [4.78, 5) is 36.3. The molecule has 144 valence electrons. The molecule has 1 saturated heterocycles. The Morgan fingerprint density at radius 2 is 1.88 bits per heavy atom. The number of nitrogens with zero attached hydrogens (tertiary/aromatic N) is 1. The van der Waals surface area contributed by atoms with Gasteiger partial charge in [0.2, 0.25) is 8.32 Å². The molecule has 0 radical (unpaired) electrons. The van der Waals surface area contributed by atoms with Crippen LogP contribution in [0, 0.1) is 5.92 Å². The predicted molar refractivity (Wildman–Crippen MR) is 104 cm³/mol. The molecule has 0 spiro atoms. The van der Waals surface area contributed by atoms with Crippen LogP contribution in [0.2, 0.25) is 13.1 Å². The third kappa shape index (κ3) is 5.84. The highest BCUT2D eigenvalue weighted by molar-refractivity contribution is 6.83. The molecule has 7 heteroatoms. The van der Waals surface area contributed by atoms with E-state index in [4.69, 9.17) is 4.74 Å². The van der Waals surface area contributed by atoms with Gasteiger partial charge in [-0.1, -0.05) is 12.1 Å².